The number of phenolic OH excluding ortho intramolecular Hbond substituents is 3. The summed E-state index contributed by atoms with van der Waals surface area (Å²) < 4.78 is 27.3. The lowest BCUT2D eigenvalue weighted by molar-refractivity contribution is -0.354. The highest BCUT2D eigenvalue weighted by atomic mass is 16.8. The summed E-state index contributed by atoms with van der Waals surface area (Å²) in [5.74, 6) is -2.01. The Hall–Kier alpha value is -3.25. The summed E-state index contributed by atoms with van der Waals surface area (Å²) in [5, 5.41) is 92.1. The van der Waals surface area contributed by atoms with Crippen molar-refractivity contribution in [1.82, 2.24) is 0 Å². The quantitative estimate of drug-likeness (QED) is 0.141. The number of carbonyl (C=O) groups excluding carboxylic acids is 1. The number of aliphatic hydroxyl groups is 6. The van der Waals surface area contributed by atoms with Gasteiger partial charge in [0, 0.05) is 18.6 Å². The van der Waals surface area contributed by atoms with Crippen molar-refractivity contribution < 1.29 is 74.4 Å². The summed E-state index contributed by atoms with van der Waals surface area (Å²) in [7, 11) is 1.38. The molecule has 0 aromatic heterocycles. The lowest BCUT2D eigenvalue weighted by Gasteiger charge is -2.45. The van der Waals surface area contributed by atoms with Gasteiger partial charge in [-0.15, -0.1) is 0 Å². The van der Waals surface area contributed by atoms with Crippen molar-refractivity contribution in [1.29, 1.82) is 0 Å². The Kier molecular flexibility index (Phi) is 10.3. The molecule has 2 aliphatic heterocycles. The molecule has 2 fully saturated rings. The third kappa shape index (κ3) is 6.95. The highest BCUT2D eigenvalue weighted by Crippen LogP contribution is 2.37. The van der Waals surface area contributed by atoms with Gasteiger partial charge in [0.1, 0.15) is 59.4 Å². The van der Waals surface area contributed by atoms with Crippen LogP contribution in [-0.2, 0) is 20.6 Å². The van der Waals surface area contributed by atoms with Crippen LogP contribution in [0.15, 0.2) is 30.3 Å². The molecule has 10 unspecified atom stereocenters. The number of benzene rings is 2. The third-order valence-electron chi connectivity index (χ3n) is 7.41. The van der Waals surface area contributed by atoms with Crippen LogP contribution < -0.4 is 9.47 Å². The van der Waals surface area contributed by atoms with Gasteiger partial charge in [-0.3, -0.25) is 4.79 Å². The maximum Gasteiger partial charge on any atom is 0.229 e. The molecule has 2 aromatic carbocycles. The van der Waals surface area contributed by atoms with Crippen molar-refractivity contribution in [3.8, 4) is 28.7 Å². The maximum absolute atomic E-state index is 12.9. The number of methoxy groups -OCH3 is 1. The van der Waals surface area contributed by atoms with Crippen LogP contribution in [0.3, 0.4) is 0 Å². The number of aliphatic hydroxyl groups excluding tert-OH is 6. The van der Waals surface area contributed by atoms with Crippen LogP contribution in [0.25, 0.3) is 0 Å². The summed E-state index contributed by atoms with van der Waals surface area (Å²) in [6, 6.07) is 6.55. The summed E-state index contributed by atoms with van der Waals surface area (Å²) >= 11 is 0. The number of carbonyl (C=O) groups is 1. The number of phenols is 3. The van der Waals surface area contributed by atoms with E-state index in [1.54, 1.807) is 12.1 Å². The predicted octanol–water partition coefficient (Wildman–Crippen LogP) is -1.34. The van der Waals surface area contributed by atoms with Crippen molar-refractivity contribution in [3.05, 3.63) is 41.5 Å². The highest BCUT2D eigenvalue weighted by Gasteiger charge is 2.51. The minimum Gasteiger partial charge on any atom is -0.507 e. The van der Waals surface area contributed by atoms with Crippen LogP contribution >= 0.6 is 0 Å². The van der Waals surface area contributed by atoms with Crippen molar-refractivity contribution in [2.24, 2.45) is 0 Å². The van der Waals surface area contributed by atoms with E-state index in [0.29, 0.717) is 5.56 Å². The number of Topliss-reactive ketones (excluding diaryl/α,β-unsaturated/α-hetero) is 1. The maximum atomic E-state index is 12.9. The largest absolute Gasteiger partial charge is 0.507 e. The van der Waals surface area contributed by atoms with Gasteiger partial charge in [-0.2, -0.15) is 0 Å². The average molecular weight is 613 g/mol. The normalized spacial score (nSPS) is 32.7. The van der Waals surface area contributed by atoms with E-state index in [9.17, 15) is 50.8 Å². The Balaban J connectivity index is 1.51. The Morgan fingerprint density at radius 1 is 0.837 bits per heavy atom. The molecule has 2 aromatic rings. The zero-order valence-electron chi connectivity index (χ0n) is 23.3. The van der Waals surface area contributed by atoms with E-state index in [4.69, 9.17) is 23.7 Å². The molecule has 0 radical (unpaired) electrons. The molecule has 0 spiro atoms. The first-order chi connectivity index (χ1) is 20.4. The van der Waals surface area contributed by atoms with Crippen LogP contribution in [0.5, 0.6) is 28.7 Å². The molecule has 2 heterocycles. The Morgan fingerprint density at radius 2 is 1.51 bits per heavy atom. The lowest BCUT2D eigenvalue weighted by atomic mass is 9.97. The molecule has 2 aliphatic rings. The SMILES string of the molecule is COc1cc(CCC(=O)c2c(O)cc(OC3OC(CO)C(O)C(O)C3OC3OC(C)C(O)C(O)C3O)cc2O)ccc1O. The predicted molar refractivity (Wildman–Crippen MR) is 143 cm³/mol. The Labute approximate surface area is 245 Å². The van der Waals surface area contributed by atoms with E-state index in [0.717, 1.165) is 12.1 Å². The fraction of sp³-hybridized carbons (Fsp3) is 0.536. The van der Waals surface area contributed by atoms with Crippen LogP contribution in [0, 0.1) is 0 Å². The third-order valence-corrected chi connectivity index (χ3v) is 7.41. The number of aromatic hydroxyl groups is 3. The number of hydrogen-bond acceptors (Lipinski definition) is 15. The van der Waals surface area contributed by atoms with E-state index >= 15 is 0 Å². The lowest BCUT2D eigenvalue weighted by Crippen LogP contribution is -2.64. The topological polar surface area (TPSA) is 245 Å². The molecular formula is C28H36O15. The second kappa shape index (κ2) is 13.6. The van der Waals surface area contributed by atoms with E-state index in [1.807, 2.05) is 0 Å². The van der Waals surface area contributed by atoms with Crippen molar-refractivity contribution in [2.45, 2.75) is 81.2 Å². The number of ketones is 1. The number of hydrogen-bond donors (Lipinski definition) is 9. The number of rotatable bonds is 10. The molecule has 43 heavy (non-hydrogen) atoms. The molecule has 238 valence electrons. The smallest absolute Gasteiger partial charge is 0.229 e. The number of ether oxygens (including phenoxy) is 5. The molecule has 15 heteroatoms. The monoisotopic (exact) mass is 612 g/mol. The molecule has 0 amide bonds. The average Bonchev–Trinajstić information content (AvgIpc) is 2.97. The van der Waals surface area contributed by atoms with Crippen LogP contribution in [-0.4, -0.2) is 127 Å². The molecular weight excluding hydrogens is 576 g/mol. The van der Waals surface area contributed by atoms with Crippen LogP contribution in [0.2, 0.25) is 0 Å². The molecule has 0 saturated carbocycles. The molecule has 0 aliphatic carbocycles. The summed E-state index contributed by atoms with van der Waals surface area (Å²) in [4.78, 5) is 12.9. The second-order valence-corrected chi connectivity index (χ2v) is 10.4. The standard InChI is InChI=1S/C28H36O15/c1-11-21(34)23(36)25(38)27(40-11)43-26-24(37)22(35)19(10-29)42-28(26)41-13-8-16(32)20(17(33)9-13)15(31)6-4-12-3-5-14(30)18(7-12)39-2/h3,5,7-9,11,19,21-30,32-38H,4,6,10H2,1-2H3. The van der Waals surface area contributed by atoms with E-state index < -0.39 is 85.3 Å². The van der Waals surface area contributed by atoms with E-state index in [-0.39, 0.29) is 35.7 Å². The van der Waals surface area contributed by atoms with Gasteiger partial charge in [0.15, 0.2) is 29.7 Å². The van der Waals surface area contributed by atoms with E-state index in [2.05, 4.69) is 0 Å². The minimum absolute atomic E-state index is 0.0706. The second-order valence-electron chi connectivity index (χ2n) is 10.4. The van der Waals surface area contributed by atoms with Gasteiger partial charge in [0.25, 0.3) is 0 Å². The number of aryl methyl sites for hydroxylation is 1. The molecule has 4 rings (SSSR count). The van der Waals surface area contributed by atoms with E-state index in [1.165, 1.54) is 20.1 Å². The first kappa shape index (κ1) is 32.7. The zero-order chi connectivity index (χ0) is 31.6. The van der Waals surface area contributed by atoms with Crippen molar-refractivity contribution >= 4 is 5.78 Å². The van der Waals surface area contributed by atoms with Gasteiger partial charge in [-0.25, -0.2) is 0 Å². The summed E-state index contributed by atoms with van der Waals surface area (Å²) in [5.41, 5.74) is 0.268. The van der Waals surface area contributed by atoms with Gasteiger partial charge in [0.2, 0.25) is 6.29 Å². The minimum atomic E-state index is -1.78. The first-order valence-electron chi connectivity index (χ1n) is 13.5. The molecule has 10 atom stereocenters. The molecule has 2 saturated heterocycles. The molecule has 0 bridgehead atoms. The van der Waals surface area contributed by atoms with Crippen molar-refractivity contribution in [2.75, 3.05) is 13.7 Å². The molecule has 15 nitrogen and oxygen atoms in total. The van der Waals surface area contributed by atoms with Crippen LogP contribution in [0.1, 0.15) is 29.3 Å². The zero-order valence-corrected chi connectivity index (χ0v) is 23.3. The van der Waals surface area contributed by atoms with Gasteiger partial charge < -0.3 is 69.6 Å². The van der Waals surface area contributed by atoms with Gasteiger partial charge in [-0.1, -0.05) is 6.07 Å². The summed E-state index contributed by atoms with van der Waals surface area (Å²) in [6.07, 6.45) is -15.5. The highest BCUT2D eigenvalue weighted by molar-refractivity contribution is 6.01. The summed E-state index contributed by atoms with van der Waals surface area (Å²) in [6.45, 7) is 0.663. The fourth-order valence-corrected chi connectivity index (χ4v) is 4.91. The van der Waals surface area contributed by atoms with Gasteiger partial charge in [0.05, 0.1) is 19.8 Å². The Bertz CT molecular complexity index is 1250. The van der Waals surface area contributed by atoms with Crippen LogP contribution in [0.4, 0.5) is 0 Å². The van der Waals surface area contributed by atoms with Gasteiger partial charge >= 0.3 is 0 Å². The fourth-order valence-electron chi connectivity index (χ4n) is 4.91. The molecule has 9 N–H and O–H groups in total. The van der Waals surface area contributed by atoms with Gasteiger partial charge in [-0.05, 0) is 31.0 Å². The Morgan fingerprint density at radius 3 is 2.14 bits per heavy atom. The first-order valence-corrected chi connectivity index (χ1v) is 13.5. The van der Waals surface area contributed by atoms with Crippen molar-refractivity contribution in [3.63, 3.8) is 0 Å².